The molecular formula is C22H44MnN2O2. The minimum Gasteiger partial charge on any atom is -0.845 e. The first-order valence-corrected chi connectivity index (χ1v) is 9.45. The van der Waals surface area contributed by atoms with Gasteiger partial charge in [-0.25, -0.2) is 0 Å². The van der Waals surface area contributed by atoms with E-state index in [1.54, 1.807) is 26.3 Å². The molecule has 0 aliphatic heterocycles. The van der Waals surface area contributed by atoms with Crippen molar-refractivity contribution in [3.05, 3.63) is 0 Å². The van der Waals surface area contributed by atoms with Crippen molar-refractivity contribution in [2.45, 2.75) is 119 Å². The van der Waals surface area contributed by atoms with Crippen LogP contribution in [0.4, 0.5) is 0 Å². The maximum Gasteiger partial charge on any atom is 2.00 e. The zero-order chi connectivity index (χ0) is 21.8. The Kier molecular flexibility index (Phi) is 11.7. The molecule has 0 aromatic carbocycles. The Balaban J connectivity index is -0.000000411. The van der Waals surface area contributed by atoms with Gasteiger partial charge in [0, 0.05) is 0 Å². The molecule has 2 unspecified atom stereocenters. The van der Waals surface area contributed by atoms with Crippen molar-refractivity contribution in [1.29, 1.82) is 0 Å². The van der Waals surface area contributed by atoms with Gasteiger partial charge in [-0.3, -0.25) is 9.98 Å². The molecule has 0 aromatic rings. The fraction of sp³-hybridized carbons (Fsp3) is 0.909. The van der Waals surface area contributed by atoms with Crippen LogP contribution in [0, 0.1) is 10.8 Å². The van der Waals surface area contributed by atoms with Crippen LogP contribution in [-0.4, -0.2) is 34.7 Å². The minimum absolute atomic E-state index is 0. The van der Waals surface area contributed by atoms with Gasteiger partial charge in [0.05, 0.1) is 11.1 Å². The minimum atomic E-state index is -1.10. The first kappa shape index (κ1) is 31.5. The first-order valence-electron chi connectivity index (χ1n) is 9.45. The Morgan fingerprint density at radius 3 is 0.778 bits per heavy atom. The largest absolute Gasteiger partial charge is 2.00 e. The van der Waals surface area contributed by atoms with E-state index in [0.29, 0.717) is 0 Å². The topological polar surface area (TPSA) is 70.8 Å². The second-order valence-electron chi connectivity index (χ2n) is 11.6. The van der Waals surface area contributed by atoms with Gasteiger partial charge in [0.25, 0.3) is 0 Å². The van der Waals surface area contributed by atoms with Gasteiger partial charge in [-0.15, -0.1) is 0 Å². The average Bonchev–Trinajstić information content (AvgIpc) is 2.31. The third-order valence-electron chi connectivity index (χ3n) is 4.37. The van der Waals surface area contributed by atoms with Gasteiger partial charge in [-0.2, -0.15) is 0 Å². The second-order valence-corrected chi connectivity index (χ2v) is 11.6. The van der Waals surface area contributed by atoms with Crippen LogP contribution in [-0.2, 0) is 17.1 Å². The molecule has 0 aliphatic rings. The third kappa shape index (κ3) is 14.4. The van der Waals surface area contributed by atoms with Crippen molar-refractivity contribution in [2.75, 3.05) is 0 Å². The van der Waals surface area contributed by atoms with E-state index in [2.05, 4.69) is 9.98 Å². The smallest absolute Gasteiger partial charge is 0.845 e. The van der Waals surface area contributed by atoms with Crippen LogP contribution >= 0.6 is 0 Å². The molecule has 0 spiro atoms. The number of aliphatic imine (C=N–C) groups is 2. The standard InChI is InChI=1S/2C11H22NO.Mn/c2*1-9(2,3)11(7,13)8-12-10(4,5)6;/h2*8H,1-7H3;/q2*-1;+2. The van der Waals surface area contributed by atoms with Crippen LogP contribution in [0.15, 0.2) is 9.98 Å². The normalized spacial score (nSPS) is 18.4. The van der Waals surface area contributed by atoms with Gasteiger partial charge in [-0.1, -0.05) is 66.6 Å². The van der Waals surface area contributed by atoms with Gasteiger partial charge < -0.3 is 10.2 Å². The zero-order valence-electron chi connectivity index (χ0n) is 20.2. The molecule has 0 amide bonds. The van der Waals surface area contributed by atoms with Gasteiger partial charge in [0.15, 0.2) is 0 Å². The van der Waals surface area contributed by atoms with E-state index < -0.39 is 11.2 Å². The molecule has 1 radical (unpaired) electrons. The summed E-state index contributed by atoms with van der Waals surface area (Å²) in [5, 5.41) is 24.0. The van der Waals surface area contributed by atoms with Crippen LogP contribution in [0.25, 0.3) is 0 Å². The molecular weight excluding hydrogens is 379 g/mol. The number of hydrogen-bond acceptors (Lipinski definition) is 4. The van der Waals surface area contributed by atoms with Crippen molar-refractivity contribution < 1.29 is 27.3 Å². The van der Waals surface area contributed by atoms with Gasteiger partial charge in [0.2, 0.25) is 0 Å². The molecule has 0 aromatic heterocycles. The molecule has 0 fully saturated rings. The molecule has 0 bridgehead atoms. The van der Waals surface area contributed by atoms with Crippen LogP contribution in [0.1, 0.15) is 96.9 Å². The summed E-state index contributed by atoms with van der Waals surface area (Å²) in [6.45, 7) is 26.9. The summed E-state index contributed by atoms with van der Waals surface area (Å²) >= 11 is 0. The van der Waals surface area contributed by atoms with Gasteiger partial charge in [-0.05, 0) is 64.8 Å². The Bertz CT molecular complexity index is 434. The summed E-state index contributed by atoms with van der Waals surface area (Å²) in [7, 11) is 0. The third-order valence-corrected chi connectivity index (χ3v) is 4.37. The molecule has 0 saturated heterocycles. The first-order chi connectivity index (χ1) is 10.9. The van der Waals surface area contributed by atoms with Crippen LogP contribution in [0.5, 0.6) is 0 Å². The molecule has 5 heteroatoms. The predicted molar refractivity (Wildman–Crippen MR) is 112 cm³/mol. The molecule has 0 N–H and O–H groups in total. The summed E-state index contributed by atoms with van der Waals surface area (Å²) in [6.07, 6.45) is 3.10. The maximum atomic E-state index is 12.0. The predicted octanol–water partition coefficient (Wildman–Crippen LogP) is 4.04. The van der Waals surface area contributed by atoms with Gasteiger partial charge >= 0.3 is 17.1 Å². The molecule has 0 saturated carbocycles. The van der Waals surface area contributed by atoms with Crippen molar-refractivity contribution in [1.82, 2.24) is 0 Å². The van der Waals surface area contributed by atoms with E-state index >= 15 is 0 Å². The van der Waals surface area contributed by atoms with Crippen molar-refractivity contribution in [3.8, 4) is 0 Å². The molecule has 0 aliphatic carbocycles. The van der Waals surface area contributed by atoms with E-state index in [4.69, 9.17) is 0 Å². The van der Waals surface area contributed by atoms with Crippen LogP contribution in [0.3, 0.4) is 0 Å². The van der Waals surface area contributed by atoms with E-state index in [1.165, 1.54) is 0 Å². The molecule has 4 nitrogen and oxygen atoms in total. The maximum absolute atomic E-state index is 12.0. The van der Waals surface area contributed by atoms with Crippen LogP contribution < -0.4 is 10.2 Å². The van der Waals surface area contributed by atoms with E-state index in [0.717, 1.165) is 0 Å². The summed E-state index contributed by atoms with van der Waals surface area (Å²) in [5.74, 6) is 0. The van der Waals surface area contributed by atoms with Crippen LogP contribution in [0.2, 0.25) is 0 Å². The summed E-state index contributed by atoms with van der Waals surface area (Å²) < 4.78 is 0. The quantitative estimate of drug-likeness (QED) is 0.497. The van der Waals surface area contributed by atoms with Crippen molar-refractivity contribution in [3.63, 3.8) is 0 Å². The Labute approximate surface area is 179 Å². The fourth-order valence-electron chi connectivity index (χ4n) is 1.02. The number of hydrogen-bond donors (Lipinski definition) is 0. The van der Waals surface area contributed by atoms with Gasteiger partial charge in [0.1, 0.15) is 0 Å². The van der Waals surface area contributed by atoms with E-state index in [-0.39, 0.29) is 39.0 Å². The molecule has 0 rings (SSSR count). The van der Waals surface area contributed by atoms with E-state index in [9.17, 15) is 10.2 Å². The number of nitrogens with zero attached hydrogens (tertiary/aromatic N) is 2. The second kappa shape index (κ2) is 10.0. The molecule has 27 heavy (non-hydrogen) atoms. The molecule has 161 valence electrons. The fourth-order valence-corrected chi connectivity index (χ4v) is 1.02. The zero-order valence-corrected chi connectivity index (χ0v) is 21.4. The molecule has 2 atom stereocenters. The summed E-state index contributed by atoms with van der Waals surface area (Å²) in [5.41, 5.74) is -3.09. The average molecular weight is 424 g/mol. The van der Waals surface area contributed by atoms with Crippen molar-refractivity contribution in [2.24, 2.45) is 20.8 Å². The Hall–Kier alpha value is -0.221. The summed E-state index contributed by atoms with van der Waals surface area (Å²) in [6, 6.07) is 0. The monoisotopic (exact) mass is 423 g/mol. The SMILES string of the molecule is CC(C)(C)N=CC(C)([O-])C(C)(C)C.CC(C)(C)N=CC(C)([O-])C(C)(C)C.[Mn+2]. The molecule has 0 heterocycles. The summed E-state index contributed by atoms with van der Waals surface area (Å²) in [4.78, 5) is 8.51. The van der Waals surface area contributed by atoms with E-state index in [1.807, 2.05) is 83.1 Å². The Morgan fingerprint density at radius 2 is 0.667 bits per heavy atom. The van der Waals surface area contributed by atoms with Crippen molar-refractivity contribution >= 4 is 12.4 Å². The number of rotatable bonds is 2. The Morgan fingerprint density at radius 1 is 0.481 bits per heavy atom.